The van der Waals surface area contributed by atoms with Gasteiger partial charge < -0.3 is 5.73 Å². The molecule has 18 heavy (non-hydrogen) atoms. The van der Waals surface area contributed by atoms with Gasteiger partial charge in [0.2, 0.25) is 0 Å². The molecule has 0 amide bonds. The molecule has 0 saturated heterocycles. The molecular formula is C12H24F3N3. The summed E-state index contributed by atoms with van der Waals surface area (Å²) in [6.07, 6.45) is -2.95. The summed E-state index contributed by atoms with van der Waals surface area (Å²) >= 11 is 0. The number of hydrogen-bond acceptors (Lipinski definition) is 2. The van der Waals surface area contributed by atoms with Crippen LogP contribution in [0.2, 0.25) is 0 Å². The summed E-state index contributed by atoms with van der Waals surface area (Å²) in [6.45, 7) is 6.65. The molecule has 0 aliphatic carbocycles. The molecule has 0 aliphatic heterocycles. The standard InChI is InChI=1S/C12H24F3N3/c1-9(2)18(8-12(13,14)15)7-5-6-11(3,4)10(16)17/h9H,5-8H2,1-4H3,(H3,16,17). The van der Waals surface area contributed by atoms with Gasteiger partial charge in [0.1, 0.15) is 0 Å². The van der Waals surface area contributed by atoms with E-state index in [4.69, 9.17) is 11.1 Å². The minimum Gasteiger partial charge on any atom is -0.387 e. The van der Waals surface area contributed by atoms with Crippen LogP contribution >= 0.6 is 0 Å². The smallest absolute Gasteiger partial charge is 0.387 e. The van der Waals surface area contributed by atoms with Crippen molar-refractivity contribution in [2.45, 2.75) is 52.8 Å². The van der Waals surface area contributed by atoms with E-state index in [-0.39, 0.29) is 11.9 Å². The van der Waals surface area contributed by atoms with Gasteiger partial charge in [-0.3, -0.25) is 10.3 Å². The normalized spacial score (nSPS) is 13.4. The molecule has 0 aliphatic rings. The first-order valence-electron chi connectivity index (χ1n) is 6.11. The molecule has 0 unspecified atom stereocenters. The lowest BCUT2D eigenvalue weighted by molar-refractivity contribution is -0.149. The van der Waals surface area contributed by atoms with E-state index in [1.807, 2.05) is 13.8 Å². The molecular weight excluding hydrogens is 243 g/mol. The zero-order chi connectivity index (χ0) is 14.6. The summed E-state index contributed by atoms with van der Waals surface area (Å²) in [5, 5.41) is 7.40. The van der Waals surface area contributed by atoms with Crippen LogP contribution in [0.5, 0.6) is 0 Å². The predicted octanol–water partition coefficient (Wildman–Crippen LogP) is 3.00. The van der Waals surface area contributed by atoms with Gasteiger partial charge in [-0.05, 0) is 33.2 Å². The second kappa shape index (κ2) is 6.41. The van der Waals surface area contributed by atoms with Gasteiger partial charge in [0.05, 0.1) is 12.4 Å². The third kappa shape index (κ3) is 6.83. The fourth-order valence-corrected chi connectivity index (χ4v) is 1.61. The van der Waals surface area contributed by atoms with Crippen LogP contribution in [0, 0.1) is 10.8 Å². The molecule has 3 nitrogen and oxygen atoms in total. The Labute approximate surface area is 107 Å². The first kappa shape index (κ1) is 17.2. The maximum Gasteiger partial charge on any atom is 0.401 e. The van der Waals surface area contributed by atoms with Gasteiger partial charge >= 0.3 is 6.18 Å². The van der Waals surface area contributed by atoms with Crippen molar-refractivity contribution in [2.24, 2.45) is 11.1 Å². The largest absolute Gasteiger partial charge is 0.401 e. The van der Waals surface area contributed by atoms with Crippen molar-refractivity contribution in [3.05, 3.63) is 0 Å². The zero-order valence-electron chi connectivity index (χ0n) is 11.6. The third-order valence-electron chi connectivity index (χ3n) is 3.09. The average Bonchev–Trinajstić information content (AvgIpc) is 2.13. The Bertz CT molecular complexity index is 272. The van der Waals surface area contributed by atoms with Crippen molar-refractivity contribution in [3.8, 4) is 0 Å². The van der Waals surface area contributed by atoms with Crippen LogP contribution in [0.1, 0.15) is 40.5 Å². The summed E-state index contributed by atoms with van der Waals surface area (Å²) in [6, 6.07) is -0.146. The van der Waals surface area contributed by atoms with E-state index >= 15 is 0 Å². The molecule has 6 heteroatoms. The van der Waals surface area contributed by atoms with E-state index in [1.54, 1.807) is 13.8 Å². The lowest BCUT2D eigenvalue weighted by Gasteiger charge is -2.29. The number of nitrogens with two attached hydrogens (primary N) is 1. The molecule has 0 spiro atoms. The molecule has 0 atom stereocenters. The van der Waals surface area contributed by atoms with Crippen molar-refractivity contribution < 1.29 is 13.2 Å². The molecule has 3 N–H and O–H groups in total. The highest BCUT2D eigenvalue weighted by Gasteiger charge is 2.31. The van der Waals surface area contributed by atoms with Crippen LogP contribution in [-0.2, 0) is 0 Å². The summed E-state index contributed by atoms with van der Waals surface area (Å²) in [5.41, 5.74) is 4.99. The van der Waals surface area contributed by atoms with Crippen LogP contribution in [0.15, 0.2) is 0 Å². The van der Waals surface area contributed by atoms with Crippen molar-refractivity contribution in [1.82, 2.24) is 4.90 Å². The summed E-state index contributed by atoms with van der Waals surface area (Å²) in [7, 11) is 0. The highest BCUT2D eigenvalue weighted by atomic mass is 19.4. The van der Waals surface area contributed by atoms with Crippen LogP contribution in [0.4, 0.5) is 13.2 Å². The summed E-state index contributed by atoms with van der Waals surface area (Å²) < 4.78 is 37.1. The number of hydrogen-bond donors (Lipinski definition) is 2. The highest BCUT2D eigenvalue weighted by molar-refractivity contribution is 5.82. The molecule has 0 bridgehead atoms. The molecule has 0 aromatic heterocycles. The van der Waals surface area contributed by atoms with Gasteiger partial charge in [-0.2, -0.15) is 13.2 Å². The Balaban J connectivity index is 4.26. The lowest BCUT2D eigenvalue weighted by atomic mass is 9.86. The van der Waals surface area contributed by atoms with E-state index in [9.17, 15) is 13.2 Å². The van der Waals surface area contributed by atoms with E-state index < -0.39 is 18.1 Å². The average molecular weight is 267 g/mol. The van der Waals surface area contributed by atoms with E-state index in [0.717, 1.165) is 0 Å². The SMILES string of the molecule is CC(C)N(CCCC(C)(C)C(=N)N)CC(F)(F)F. The molecule has 0 radical (unpaired) electrons. The van der Waals surface area contributed by atoms with Crippen LogP contribution in [0.25, 0.3) is 0 Å². The second-order valence-electron chi connectivity index (χ2n) is 5.58. The van der Waals surface area contributed by atoms with Crippen molar-refractivity contribution in [2.75, 3.05) is 13.1 Å². The van der Waals surface area contributed by atoms with Crippen LogP contribution < -0.4 is 5.73 Å². The molecule has 0 rings (SSSR count). The summed E-state index contributed by atoms with van der Waals surface area (Å²) in [5.74, 6) is 0.0782. The van der Waals surface area contributed by atoms with Gasteiger partial charge in [-0.15, -0.1) is 0 Å². The van der Waals surface area contributed by atoms with Crippen LogP contribution in [0.3, 0.4) is 0 Å². The fourth-order valence-electron chi connectivity index (χ4n) is 1.61. The van der Waals surface area contributed by atoms with E-state index in [2.05, 4.69) is 0 Å². The number of rotatable bonds is 7. The number of alkyl halides is 3. The molecule has 0 aromatic rings. The number of nitrogens with one attached hydrogen (secondary N) is 1. The summed E-state index contributed by atoms with van der Waals surface area (Å²) in [4.78, 5) is 1.40. The Hall–Kier alpha value is -0.780. The van der Waals surface area contributed by atoms with Gasteiger partial charge in [-0.1, -0.05) is 13.8 Å². The topological polar surface area (TPSA) is 53.1 Å². The van der Waals surface area contributed by atoms with Crippen molar-refractivity contribution in [1.29, 1.82) is 5.41 Å². The fraction of sp³-hybridized carbons (Fsp3) is 0.917. The van der Waals surface area contributed by atoms with Gasteiger partial charge in [0.25, 0.3) is 0 Å². The highest BCUT2D eigenvalue weighted by Crippen LogP contribution is 2.23. The Kier molecular flexibility index (Phi) is 6.13. The number of amidine groups is 1. The predicted molar refractivity (Wildman–Crippen MR) is 67.7 cm³/mol. The maximum atomic E-state index is 12.4. The molecule has 0 fully saturated rings. The Morgan fingerprint density at radius 1 is 1.28 bits per heavy atom. The quantitative estimate of drug-likeness (QED) is 0.550. The Morgan fingerprint density at radius 2 is 1.78 bits per heavy atom. The molecule has 0 saturated carbocycles. The van der Waals surface area contributed by atoms with E-state index in [1.165, 1.54) is 4.90 Å². The second-order valence-corrected chi connectivity index (χ2v) is 5.58. The zero-order valence-corrected chi connectivity index (χ0v) is 11.6. The third-order valence-corrected chi connectivity index (χ3v) is 3.09. The van der Waals surface area contributed by atoms with Gasteiger partial charge in [-0.25, -0.2) is 0 Å². The van der Waals surface area contributed by atoms with Crippen molar-refractivity contribution in [3.63, 3.8) is 0 Å². The minimum absolute atomic E-state index is 0.0782. The Morgan fingerprint density at radius 3 is 2.11 bits per heavy atom. The lowest BCUT2D eigenvalue weighted by Crippen LogP contribution is -2.40. The van der Waals surface area contributed by atoms with Crippen LogP contribution in [-0.4, -0.2) is 36.0 Å². The van der Waals surface area contributed by atoms with Gasteiger partial charge in [0.15, 0.2) is 0 Å². The van der Waals surface area contributed by atoms with Crippen molar-refractivity contribution >= 4 is 5.84 Å². The first-order valence-corrected chi connectivity index (χ1v) is 6.11. The molecule has 0 aromatic carbocycles. The number of halogens is 3. The number of nitrogens with zero attached hydrogens (tertiary/aromatic N) is 1. The van der Waals surface area contributed by atoms with Gasteiger partial charge in [0, 0.05) is 11.5 Å². The van der Waals surface area contributed by atoms with E-state index in [0.29, 0.717) is 19.4 Å². The minimum atomic E-state index is -4.17. The first-order chi connectivity index (χ1) is 7.96. The monoisotopic (exact) mass is 267 g/mol. The molecule has 0 heterocycles. The molecule has 108 valence electrons. The maximum absolute atomic E-state index is 12.4.